The molecule has 2 saturated heterocycles. The third-order valence-corrected chi connectivity index (χ3v) is 6.05. The largest absolute Gasteiger partial charge is 0.366 e. The maximum Gasteiger partial charge on any atom is 0.293 e. The molecule has 2 aliphatic rings. The average Bonchev–Trinajstić information content (AvgIpc) is 2.67. The van der Waals surface area contributed by atoms with Crippen molar-refractivity contribution in [2.45, 2.75) is 45.6 Å². The first kappa shape index (κ1) is 22.4. The minimum Gasteiger partial charge on any atom is -0.366 e. The predicted molar refractivity (Wildman–Crippen MR) is 113 cm³/mol. The van der Waals surface area contributed by atoms with Gasteiger partial charge < -0.3 is 15.5 Å². The first-order valence-electron chi connectivity index (χ1n) is 9.95. The van der Waals surface area contributed by atoms with Crippen molar-refractivity contribution in [2.24, 2.45) is 17.6 Å². The van der Waals surface area contributed by atoms with Gasteiger partial charge >= 0.3 is 0 Å². The molecule has 0 saturated carbocycles. The van der Waals surface area contributed by atoms with Crippen LogP contribution in [0, 0.1) is 22.0 Å². The molecule has 1 amide bonds. The fraction of sp³-hybridized carbons (Fsp3) is 0.650. The van der Waals surface area contributed by atoms with Crippen LogP contribution in [0.15, 0.2) is 18.2 Å². The van der Waals surface area contributed by atoms with Gasteiger partial charge in [-0.3, -0.25) is 14.9 Å². The van der Waals surface area contributed by atoms with Crippen LogP contribution in [-0.4, -0.2) is 48.0 Å². The Bertz CT molecular complexity index is 707. The number of piperidine rings is 2. The fourth-order valence-corrected chi connectivity index (χ4v) is 4.23. The van der Waals surface area contributed by atoms with Gasteiger partial charge in [-0.15, -0.1) is 12.4 Å². The fourth-order valence-electron chi connectivity index (χ4n) is 4.23. The molecule has 1 aromatic carbocycles. The van der Waals surface area contributed by atoms with Gasteiger partial charge in [-0.2, -0.15) is 0 Å². The van der Waals surface area contributed by atoms with E-state index in [1.54, 1.807) is 17.0 Å². The first-order valence-corrected chi connectivity index (χ1v) is 9.95. The number of nitrogens with two attached hydrogens (primary N) is 1. The Kier molecular flexibility index (Phi) is 7.66. The molecule has 1 aromatic rings. The third kappa shape index (κ3) is 4.75. The number of nitro benzene ring substituents is 1. The van der Waals surface area contributed by atoms with Crippen molar-refractivity contribution in [2.75, 3.05) is 31.1 Å². The Balaban J connectivity index is 0.00000280. The Morgan fingerprint density at radius 1 is 1.18 bits per heavy atom. The van der Waals surface area contributed by atoms with Crippen LogP contribution in [0.1, 0.15) is 49.9 Å². The monoisotopic (exact) mass is 410 g/mol. The van der Waals surface area contributed by atoms with Gasteiger partial charge in [0, 0.05) is 43.9 Å². The highest BCUT2D eigenvalue weighted by Gasteiger charge is 2.31. The van der Waals surface area contributed by atoms with Crippen molar-refractivity contribution in [3.8, 4) is 0 Å². The molecule has 2 aliphatic heterocycles. The molecular weight excluding hydrogens is 380 g/mol. The van der Waals surface area contributed by atoms with Gasteiger partial charge in [-0.1, -0.05) is 13.8 Å². The van der Waals surface area contributed by atoms with Gasteiger partial charge in [0.15, 0.2) is 0 Å². The molecular formula is C20H31ClN4O3. The van der Waals surface area contributed by atoms with Gasteiger partial charge in [0.2, 0.25) is 0 Å². The summed E-state index contributed by atoms with van der Waals surface area (Å²) in [6.45, 7) is 7.08. The Morgan fingerprint density at radius 2 is 1.82 bits per heavy atom. The minimum absolute atomic E-state index is 0. The topological polar surface area (TPSA) is 92.7 Å². The number of nitrogens with zero attached hydrogens (tertiary/aromatic N) is 3. The molecule has 7 nitrogen and oxygen atoms in total. The zero-order chi connectivity index (χ0) is 19.6. The van der Waals surface area contributed by atoms with Crippen LogP contribution in [0.25, 0.3) is 0 Å². The summed E-state index contributed by atoms with van der Waals surface area (Å²) in [5.41, 5.74) is 6.89. The molecule has 2 atom stereocenters. The van der Waals surface area contributed by atoms with Crippen LogP contribution in [0.5, 0.6) is 0 Å². The molecule has 0 bridgehead atoms. The minimum atomic E-state index is -0.372. The molecule has 0 aliphatic carbocycles. The lowest BCUT2D eigenvalue weighted by molar-refractivity contribution is -0.384. The number of hydrogen-bond acceptors (Lipinski definition) is 5. The van der Waals surface area contributed by atoms with E-state index in [4.69, 9.17) is 5.73 Å². The summed E-state index contributed by atoms with van der Waals surface area (Å²) in [6.07, 6.45) is 3.88. The molecule has 2 heterocycles. The van der Waals surface area contributed by atoms with Gasteiger partial charge in [0.05, 0.1) is 4.92 Å². The number of halogens is 1. The van der Waals surface area contributed by atoms with Crippen LogP contribution in [0.2, 0.25) is 0 Å². The molecule has 0 aromatic heterocycles. The quantitative estimate of drug-likeness (QED) is 0.606. The Labute approximate surface area is 172 Å². The molecule has 2 N–H and O–H groups in total. The standard InChI is InChI=1S/C20H30N4O3.ClH/c1-14-5-8-22(9-6-14)18-4-3-16(12-19(18)24(26)27)20(25)23-10-7-15(2)11-17(23)13-21;/h3-4,12,14-15,17H,5-11,13,21H2,1-2H3;1H. The van der Waals surface area contributed by atoms with Crippen molar-refractivity contribution in [3.63, 3.8) is 0 Å². The van der Waals surface area contributed by atoms with Gasteiger partial charge in [-0.05, 0) is 49.7 Å². The number of likely N-dealkylation sites (tertiary alicyclic amines) is 1. The lowest BCUT2D eigenvalue weighted by Crippen LogP contribution is -2.49. The van der Waals surface area contributed by atoms with Crippen molar-refractivity contribution in [3.05, 3.63) is 33.9 Å². The van der Waals surface area contributed by atoms with Crippen LogP contribution < -0.4 is 10.6 Å². The number of carbonyl (C=O) groups excluding carboxylic acids is 1. The number of hydrogen-bond donors (Lipinski definition) is 1. The van der Waals surface area contributed by atoms with Crippen LogP contribution in [0.3, 0.4) is 0 Å². The van der Waals surface area contributed by atoms with Crippen molar-refractivity contribution < 1.29 is 9.72 Å². The second-order valence-electron chi connectivity index (χ2n) is 8.15. The smallest absolute Gasteiger partial charge is 0.293 e. The van der Waals surface area contributed by atoms with E-state index in [0.29, 0.717) is 36.2 Å². The molecule has 28 heavy (non-hydrogen) atoms. The molecule has 156 valence electrons. The summed E-state index contributed by atoms with van der Waals surface area (Å²) >= 11 is 0. The van der Waals surface area contributed by atoms with Crippen molar-refractivity contribution in [1.29, 1.82) is 0 Å². The highest BCUT2D eigenvalue weighted by Crippen LogP contribution is 2.33. The maximum atomic E-state index is 13.0. The second-order valence-corrected chi connectivity index (χ2v) is 8.15. The lowest BCUT2D eigenvalue weighted by atomic mass is 9.91. The molecule has 3 rings (SSSR count). The van der Waals surface area contributed by atoms with Crippen LogP contribution >= 0.6 is 12.4 Å². The van der Waals surface area contributed by atoms with E-state index in [1.807, 2.05) is 0 Å². The summed E-state index contributed by atoms with van der Waals surface area (Å²) in [6, 6.07) is 4.92. The summed E-state index contributed by atoms with van der Waals surface area (Å²) in [4.78, 5) is 28.2. The van der Waals surface area contributed by atoms with Gasteiger partial charge in [0.25, 0.3) is 11.6 Å². The number of rotatable bonds is 4. The van der Waals surface area contributed by atoms with E-state index >= 15 is 0 Å². The maximum absolute atomic E-state index is 13.0. The van der Waals surface area contributed by atoms with E-state index < -0.39 is 0 Å². The van der Waals surface area contributed by atoms with E-state index in [-0.39, 0.29) is 35.0 Å². The average molecular weight is 411 g/mol. The van der Waals surface area contributed by atoms with Gasteiger partial charge in [-0.25, -0.2) is 0 Å². The Hall–Kier alpha value is -1.86. The third-order valence-electron chi connectivity index (χ3n) is 6.05. The zero-order valence-electron chi connectivity index (χ0n) is 16.7. The van der Waals surface area contributed by atoms with E-state index in [0.717, 1.165) is 38.8 Å². The highest BCUT2D eigenvalue weighted by molar-refractivity contribution is 5.96. The normalized spacial score (nSPS) is 23.2. The van der Waals surface area contributed by atoms with Crippen LogP contribution in [-0.2, 0) is 0 Å². The van der Waals surface area contributed by atoms with Crippen molar-refractivity contribution >= 4 is 29.7 Å². The predicted octanol–water partition coefficient (Wildman–Crippen LogP) is 3.45. The highest BCUT2D eigenvalue weighted by atomic mass is 35.5. The summed E-state index contributed by atoms with van der Waals surface area (Å²) in [7, 11) is 0. The molecule has 0 spiro atoms. The molecule has 2 fully saturated rings. The SMILES string of the molecule is CC1CCN(c2ccc(C(=O)N3CCC(C)CC3CN)cc2[N+](=O)[O-])CC1.Cl. The summed E-state index contributed by atoms with van der Waals surface area (Å²) in [5, 5.41) is 11.7. The van der Waals surface area contributed by atoms with E-state index in [2.05, 4.69) is 18.7 Å². The van der Waals surface area contributed by atoms with E-state index in [9.17, 15) is 14.9 Å². The molecule has 2 unspecified atom stereocenters. The summed E-state index contributed by atoms with van der Waals surface area (Å²) < 4.78 is 0. The Morgan fingerprint density at radius 3 is 2.43 bits per heavy atom. The molecule has 8 heteroatoms. The number of anilines is 1. The second kappa shape index (κ2) is 9.56. The van der Waals surface area contributed by atoms with E-state index in [1.165, 1.54) is 6.07 Å². The summed E-state index contributed by atoms with van der Waals surface area (Å²) in [5.74, 6) is 1.04. The number of benzene rings is 1. The van der Waals surface area contributed by atoms with Crippen LogP contribution in [0.4, 0.5) is 11.4 Å². The number of carbonyl (C=O) groups is 1. The lowest BCUT2D eigenvalue weighted by Gasteiger charge is -2.38. The van der Waals surface area contributed by atoms with Gasteiger partial charge in [0.1, 0.15) is 5.69 Å². The van der Waals surface area contributed by atoms with Crippen molar-refractivity contribution in [1.82, 2.24) is 4.90 Å². The first-order chi connectivity index (χ1) is 12.9. The molecule has 0 radical (unpaired) electrons. The zero-order valence-corrected chi connectivity index (χ0v) is 17.5. The number of amides is 1. The number of nitro groups is 1.